The van der Waals surface area contributed by atoms with Crippen molar-refractivity contribution in [3.8, 4) is 0 Å². The van der Waals surface area contributed by atoms with Gasteiger partial charge in [-0.05, 0) is 34.9 Å². The van der Waals surface area contributed by atoms with Crippen LogP contribution >= 0.6 is 8.53 Å². The summed E-state index contributed by atoms with van der Waals surface area (Å²) >= 11 is 0. The molecular formula is C8H18NO2P. The molecule has 0 spiro atoms. The maximum absolute atomic E-state index is 5.77. The van der Waals surface area contributed by atoms with Gasteiger partial charge in [-0.15, -0.1) is 0 Å². The maximum Gasteiger partial charge on any atom is 0.258 e. The highest BCUT2D eigenvalue weighted by molar-refractivity contribution is 7.44. The second kappa shape index (κ2) is 3.59. The van der Waals surface area contributed by atoms with E-state index in [4.69, 9.17) is 9.05 Å². The highest BCUT2D eigenvalue weighted by Gasteiger charge is 2.35. The van der Waals surface area contributed by atoms with E-state index in [1.165, 1.54) is 0 Å². The van der Waals surface area contributed by atoms with Crippen LogP contribution in [0.5, 0.6) is 0 Å². The van der Waals surface area contributed by atoms with Gasteiger partial charge in [-0.1, -0.05) is 0 Å². The molecule has 1 saturated heterocycles. The van der Waals surface area contributed by atoms with Crippen molar-refractivity contribution in [3.63, 3.8) is 0 Å². The molecule has 0 unspecified atom stereocenters. The van der Waals surface area contributed by atoms with Crippen LogP contribution in [0.25, 0.3) is 0 Å². The summed E-state index contributed by atoms with van der Waals surface area (Å²) in [4.78, 5) is 0. The summed E-state index contributed by atoms with van der Waals surface area (Å²) in [6.07, 6.45) is 1.28. The Morgan fingerprint density at radius 2 is 2.00 bits per heavy atom. The molecule has 72 valence electrons. The maximum atomic E-state index is 5.77. The fourth-order valence-electron chi connectivity index (χ4n) is 1.33. The fourth-order valence-corrected chi connectivity index (χ4v) is 2.60. The van der Waals surface area contributed by atoms with Crippen LogP contribution in [0.15, 0.2) is 0 Å². The monoisotopic (exact) mass is 191 g/mol. The molecule has 4 heteroatoms. The van der Waals surface area contributed by atoms with Gasteiger partial charge in [0, 0.05) is 6.42 Å². The summed E-state index contributed by atoms with van der Waals surface area (Å²) in [7, 11) is 3.15. The molecule has 3 nitrogen and oxygen atoms in total. The Hall–Kier alpha value is 0.310. The standard InChI is InChI=1S/C8H18NO2P/c1-7-6-8(2,3)11-12(10-7)9(4)5/h7H,6H2,1-5H3/t7-,12-/m0/s1. The van der Waals surface area contributed by atoms with Crippen molar-refractivity contribution in [2.45, 2.75) is 38.9 Å². The van der Waals surface area contributed by atoms with Crippen molar-refractivity contribution < 1.29 is 9.05 Å². The fraction of sp³-hybridized carbons (Fsp3) is 1.00. The molecule has 0 aliphatic carbocycles. The number of nitrogens with zero attached hydrogens (tertiary/aromatic N) is 1. The molecule has 1 rings (SSSR count). The molecule has 1 fully saturated rings. The zero-order valence-corrected chi connectivity index (χ0v) is 9.39. The van der Waals surface area contributed by atoms with Gasteiger partial charge in [0.1, 0.15) is 0 Å². The van der Waals surface area contributed by atoms with Gasteiger partial charge in [-0.25, -0.2) is 4.67 Å². The van der Waals surface area contributed by atoms with Crippen LogP contribution < -0.4 is 0 Å². The van der Waals surface area contributed by atoms with Crippen LogP contribution in [-0.4, -0.2) is 30.5 Å². The molecule has 1 aliphatic rings. The van der Waals surface area contributed by atoms with E-state index >= 15 is 0 Å². The predicted octanol–water partition coefficient (Wildman–Crippen LogP) is 2.38. The topological polar surface area (TPSA) is 21.7 Å². The third kappa shape index (κ3) is 2.67. The van der Waals surface area contributed by atoms with E-state index in [9.17, 15) is 0 Å². The van der Waals surface area contributed by atoms with Crippen molar-refractivity contribution in [2.24, 2.45) is 0 Å². The van der Waals surface area contributed by atoms with Crippen molar-refractivity contribution in [1.29, 1.82) is 0 Å². The van der Waals surface area contributed by atoms with E-state index in [1.807, 2.05) is 18.8 Å². The normalized spacial score (nSPS) is 35.5. The van der Waals surface area contributed by atoms with E-state index in [0.29, 0.717) is 6.10 Å². The lowest BCUT2D eigenvalue weighted by Gasteiger charge is -2.40. The van der Waals surface area contributed by atoms with E-state index in [-0.39, 0.29) is 5.60 Å². The van der Waals surface area contributed by atoms with Crippen molar-refractivity contribution >= 4 is 8.53 Å². The van der Waals surface area contributed by atoms with Crippen LogP contribution in [0.1, 0.15) is 27.2 Å². The molecule has 0 aromatic rings. The molecule has 0 saturated carbocycles. The second-order valence-electron chi connectivity index (χ2n) is 4.06. The summed E-state index contributed by atoms with van der Waals surface area (Å²) in [5.41, 5.74) is -0.0341. The molecule has 1 heterocycles. The summed E-state index contributed by atoms with van der Waals surface area (Å²) in [5.74, 6) is 0. The van der Waals surface area contributed by atoms with Gasteiger partial charge in [0.25, 0.3) is 8.53 Å². The minimum Gasteiger partial charge on any atom is -0.319 e. The smallest absolute Gasteiger partial charge is 0.258 e. The quantitative estimate of drug-likeness (QED) is 0.594. The van der Waals surface area contributed by atoms with Crippen LogP contribution in [0.3, 0.4) is 0 Å². The molecule has 0 aromatic carbocycles. The molecular weight excluding hydrogens is 173 g/mol. The predicted molar refractivity (Wildman–Crippen MR) is 50.9 cm³/mol. The molecule has 0 amide bonds. The zero-order valence-electron chi connectivity index (χ0n) is 8.50. The van der Waals surface area contributed by atoms with E-state index in [1.54, 1.807) is 0 Å². The first-order valence-corrected chi connectivity index (χ1v) is 5.37. The summed E-state index contributed by atoms with van der Waals surface area (Å²) in [6.45, 7) is 6.33. The lowest BCUT2D eigenvalue weighted by atomic mass is 10.0. The SMILES string of the molecule is C[C@H]1CC(C)(C)O[P@@](N(C)C)O1. The first kappa shape index (κ1) is 10.4. The Morgan fingerprint density at radius 1 is 1.42 bits per heavy atom. The molecule has 0 bridgehead atoms. The molecule has 12 heavy (non-hydrogen) atoms. The van der Waals surface area contributed by atoms with Gasteiger partial charge in [0.2, 0.25) is 0 Å². The van der Waals surface area contributed by atoms with Crippen molar-refractivity contribution in [1.82, 2.24) is 4.67 Å². The van der Waals surface area contributed by atoms with Crippen LogP contribution in [0.4, 0.5) is 0 Å². The Bertz CT molecular complexity index is 161. The van der Waals surface area contributed by atoms with Gasteiger partial charge in [0.05, 0.1) is 11.7 Å². The number of hydrogen-bond acceptors (Lipinski definition) is 3. The zero-order chi connectivity index (χ0) is 9.35. The van der Waals surface area contributed by atoms with Gasteiger partial charge in [0.15, 0.2) is 0 Å². The van der Waals surface area contributed by atoms with Gasteiger partial charge < -0.3 is 9.05 Å². The van der Waals surface area contributed by atoms with Crippen LogP contribution in [0.2, 0.25) is 0 Å². The molecule has 2 atom stereocenters. The largest absolute Gasteiger partial charge is 0.319 e. The lowest BCUT2D eigenvalue weighted by Crippen LogP contribution is -2.35. The Labute approximate surface area is 76.0 Å². The number of hydrogen-bond donors (Lipinski definition) is 0. The first-order valence-electron chi connectivity index (χ1n) is 4.24. The third-order valence-corrected chi connectivity index (χ3v) is 3.54. The third-order valence-electron chi connectivity index (χ3n) is 1.70. The first-order chi connectivity index (χ1) is 5.41. The highest BCUT2D eigenvalue weighted by atomic mass is 31.2. The molecule has 1 aliphatic heterocycles. The minimum atomic E-state index is -0.825. The highest BCUT2D eigenvalue weighted by Crippen LogP contribution is 2.51. The van der Waals surface area contributed by atoms with Crippen molar-refractivity contribution in [3.05, 3.63) is 0 Å². The van der Waals surface area contributed by atoms with Gasteiger partial charge in [-0.2, -0.15) is 0 Å². The minimum absolute atomic E-state index is 0.0341. The Morgan fingerprint density at radius 3 is 2.42 bits per heavy atom. The summed E-state index contributed by atoms with van der Waals surface area (Å²) in [6, 6.07) is 0. The van der Waals surface area contributed by atoms with Crippen molar-refractivity contribution in [2.75, 3.05) is 14.1 Å². The summed E-state index contributed by atoms with van der Waals surface area (Å²) < 4.78 is 13.4. The lowest BCUT2D eigenvalue weighted by molar-refractivity contribution is -0.00624. The average Bonchev–Trinajstić information content (AvgIpc) is 1.82. The molecule has 0 N–H and O–H groups in total. The van der Waals surface area contributed by atoms with Crippen LogP contribution in [-0.2, 0) is 9.05 Å². The Kier molecular flexibility index (Phi) is 3.11. The van der Waals surface area contributed by atoms with E-state index < -0.39 is 8.53 Å². The average molecular weight is 191 g/mol. The van der Waals surface area contributed by atoms with Gasteiger partial charge in [-0.3, -0.25) is 0 Å². The molecule has 0 radical (unpaired) electrons. The van der Waals surface area contributed by atoms with Crippen LogP contribution in [0, 0.1) is 0 Å². The van der Waals surface area contributed by atoms with Gasteiger partial charge >= 0.3 is 0 Å². The summed E-state index contributed by atoms with van der Waals surface area (Å²) in [5, 5.41) is 0. The molecule has 0 aromatic heterocycles. The van der Waals surface area contributed by atoms with E-state index in [0.717, 1.165) is 6.42 Å². The number of rotatable bonds is 1. The van der Waals surface area contributed by atoms with E-state index in [2.05, 4.69) is 20.8 Å². The Balaban J connectivity index is 2.58. The second-order valence-corrected chi connectivity index (χ2v) is 5.73.